The lowest BCUT2D eigenvalue weighted by Crippen LogP contribution is -2.38. The van der Waals surface area contributed by atoms with Crippen molar-refractivity contribution in [1.29, 1.82) is 0 Å². The highest BCUT2D eigenvalue weighted by Gasteiger charge is 2.12. The van der Waals surface area contributed by atoms with Crippen LogP contribution in [-0.2, 0) is 16.0 Å². The molecule has 110 valence electrons. The van der Waals surface area contributed by atoms with Crippen LogP contribution in [0, 0.1) is 0 Å². The number of aryl methyl sites for hydroxylation is 1. The van der Waals surface area contributed by atoms with Crippen LogP contribution in [0.5, 0.6) is 0 Å². The number of carbonyl (C=O) groups excluding carboxylic acids is 2. The Balaban J connectivity index is 2.39. The summed E-state index contributed by atoms with van der Waals surface area (Å²) in [5, 5.41) is 2.75. The van der Waals surface area contributed by atoms with Gasteiger partial charge in [0, 0.05) is 25.7 Å². The monoisotopic (exact) mass is 277 g/mol. The van der Waals surface area contributed by atoms with E-state index in [1.54, 1.807) is 7.05 Å². The number of carbonyl (C=O) groups is 2. The minimum atomic E-state index is -0.123. The molecule has 0 heterocycles. The van der Waals surface area contributed by atoms with E-state index in [1.165, 1.54) is 4.90 Å². The van der Waals surface area contributed by atoms with Gasteiger partial charge in [0.2, 0.25) is 11.8 Å². The van der Waals surface area contributed by atoms with Crippen molar-refractivity contribution in [2.24, 2.45) is 0 Å². The number of amides is 2. The van der Waals surface area contributed by atoms with Crippen LogP contribution in [0.4, 0.5) is 5.69 Å². The van der Waals surface area contributed by atoms with Crippen LogP contribution in [0.25, 0.3) is 0 Å². The average molecular weight is 277 g/mol. The summed E-state index contributed by atoms with van der Waals surface area (Å²) < 4.78 is 0. The molecule has 1 rings (SSSR count). The van der Waals surface area contributed by atoms with Crippen LogP contribution >= 0.6 is 0 Å². The largest absolute Gasteiger partial charge is 0.399 e. The Morgan fingerprint density at radius 1 is 1.30 bits per heavy atom. The van der Waals surface area contributed by atoms with E-state index in [9.17, 15) is 9.59 Å². The number of hydrogen-bond acceptors (Lipinski definition) is 3. The molecule has 20 heavy (non-hydrogen) atoms. The Bertz CT molecular complexity index is 460. The SMILES string of the molecule is CCCNC(=O)CN(C)C(=O)CCc1ccccc1N. The number of likely N-dealkylation sites (N-methyl/N-ethyl adjacent to an activating group) is 1. The summed E-state index contributed by atoms with van der Waals surface area (Å²) in [7, 11) is 1.64. The van der Waals surface area contributed by atoms with Gasteiger partial charge in [-0.25, -0.2) is 0 Å². The zero-order valence-electron chi connectivity index (χ0n) is 12.2. The lowest BCUT2D eigenvalue weighted by Gasteiger charge is -2.17. The van der Waals surface area contributed by atoms with E-state index in [2.05, 4.69) is 5.32 Å². The summed E-state index contributed by atoms with van der Waals surface area (Å²) >= 11 is 0. The molecular weight excluding hydrogens is 254 g/mol. The van der Waals surface area contributed by atoms with Crippen LogP contribution < -0.4 is 11.1 Å². The van der Waals surface area contributed by atoms with E-state index in [-0.39, 0.29) is 18.4 Å². The van der Waals surface area contributed by atoms with E-state index in [1.807, 2.05) is 31.2 Å². The van der Waals surface area contributed by atoms with Crippen molar-refractivity contribution in [1.82, 2.24) is 10.2 Å². The average Bonchev–Trinajstić information content (AvgIpc) is 2.43. The first kappa shape index (κ1) is 16.0. The molecule has 1 aromatic carbocycles. The van der Waals surface area contributed by atoms with Crippen LogP contribution in [-0.4, -0.2) is 36.9 Å². The molecule has 0 unspecified atom stereocenters. The normalized spacial score (nSPS) is 10.1. The molecule has 0 radical (unpaired) electrons. The van der Waals surface area contributed by atoms with Gasteiger partial charge in [0.1, 0.15) is 0 Å². The highest BCUT2D eigenvalue weighted by atomic mass is 16.2. The molecule has 0 aliphatic heterocycles. The molecule has 0 fully saturated rings. The highest BCUT2D eigenvalue weighted by Crippen LogP contribution is 2.13. The molecule has 0 aliphatic rings. The highest BCUT2D eigenvalue weighted by molar-refractivity contribution is 5.84. The Kier molecular flexibility index (Phi) is 6.56. The summed E-state index contributed by atoms with van der Waals surface area (Å²) in [6.07, 6.45) is 1.83. The van der Waals surface area contributed by atoms with Crippen molar-refractivity contribution < 1.29 is 9.59 Å². The van der Waals surface area contributed by atoms with E-state index < -0.39 is 0 Å². The van der Waals surface area contributed by atoms with Gasteiger partial charge in [0.25, 0.3) is 0 Å². The zero-order chi connectivity index (χ0) is 15.0. The van der Waals surface area contributed by atoms with Gasteiger partial charge in [-0.3, -0.25) is 9.59 Å². The number of para-hydroxylation sites is 1. The maximum Gasteiger partial charge on any atom is 0.239 e. The predicted molar refractivity (Wildman–Crippen MR) is 80.1 cm³/mol. The molecule has 0 atom stereocenters. The fourth-order valence-corrected chi connectivity index (χ4v) is 1.82. The second-order valence-electron chi connectivity index (χ2n) is 4.80. The number of nitrogens with two attached hydrogens (primary N) is 1. The number of nitrogen functional groups attached to an aromatic ring is 1. The topological polar surface area (TPSA) is 75.4 Å². The molecule has 5 nitrogen and oxygen atoms in total. The number of nitrogens with zero attached hydrogens (tertiary/aromatic N) is 1. The number of hydrogen-bond donors (Lipinski definition) is 2. The Hall–Kier alpha value is -2.04. The summed E-state index contributed by atoms with van der Waals surface area (Å²) in [4.78, 5) is 24.9. The molecule has 1 aromatic rings. The maximum atomic E-state index is 11.9. The smallest absolute Gasteiger partial charge is 0.239 e. The van der Waals surface area contributed by atoms with Gasteiger partial charge < -0.3 is 16.0 Å². The maximum absolute atomic E-state index is 11.9. The standard InChI is InChI=1S/C15H23N3O2/c1-3-10-17-14(19)11-18(2)15(20)9-8-12-6-4-5-7-13(12)16/h4-7H,3,8-11,16H2,1-2H3,(H,17,19). The first-order valence-corrected chi connectivity index (χ1v) is 6.88. The van der Waals surface area contributed by atoms with Crippen LogP contribution in [0.15, 0.2) is 24.3 Å². The molecule has 2 amide bonds. The summed E-state index contributed by atoms with van der Waals surface area (Å²) in [6, 6.07) is 7.50. The second kappa shape index (κ2) is 8.19. The quantitative estimate of drug-likeness (QED) is 0.735. The van der Waals surface area contributed by atoms with E-state index >= 15 is 0 Å². The summed E-state index contributed by atoms with van der Waals surface area (Å²) in [5.41, 5.74) is 7.49. The third-order valence-corrected chi connectivity index (χ3v) is 3.04. The van der Waals surface area contributed by atoms with Gasteiger partial charge in [0.05, 0.1) is 6.54 Å². The Morgan fingerprint density at radius 3 is 2.65 bits per heavy atom. The zero-order valence-corrected chi connectivity index (χ0v) is 12.2. The van der Waals surface area contributed by atoms with E-state index in [4.69, 9.17) is 5.73 Å². The Morgan fingerprint density at radius 2 is 2.00 bits per heavy atom. The number of nitrogens with one attached hydrogen (secondary N) is 1. The third-order valence-electron chi connectivity index (χ3n) is 3.04. The number of rotatable bonds is 7. The fraction of sp³-hybridized carbons (Fsp3) is 0.467. The van der Waals surface area contributed by atoms with Gasteiger partial charge in [-0.15, -0.1) is 0 Å². The number of benzene rings is 1. The van der Waals surface area contributed by atoms with Crippen molar-refractivity contribution in [2.75, 3.05) is 25.9 Å². The molecule has 0 saturated heterocycles. The Labute approximate surface area is 120 Å². The van der Waals surface area contributed by atoms with Gasteiger partial charge >= 0.3 is 0 Å². The van der Waals surface area contributed by atoms with E-state index in [0.29, 0.717) is 25.1 Å². The molecule has 0 aliphatic carbocycles. The molecule has 5 heteroatoms. The van der Waals surface area contributed by atoms with Crippen molar-refractivity contribution in [2.45, 2.75) is 26.2 Å². The van der Waals surface area contributed by atoms with Crippen molar-refractivity contribution in [3.8, 4) is 0 Å². The first-order valence-electron chi connectivity index (χ1n) is 6.88. The molecule has 3 N–H and O–H groups in total. The van der Waals surface area contributed by atoms with Crippen molar-refractivity contribution >= 4 is 17.5 Å². The van der Waals surface area contributed by atoms with Crippen molar-refractivity contribution in [3.05, 3.63) is 29.8 Å². The molecule has 0 spiro atoms. The predicted octanol–water partition coefficient (Wildman–Crippen LogP) is 1.19. The first-order chi connectivity index (χ1) is 9.54. The van der Waals surface area contributed by atoms with Crippen LogP contribution in [0.1, 0.15) is 25.3 Å². The van der Waals surface area contributed by atoms with Gasteiger partial charge in [-0.2, -0.15) is 0 Å². The van der Waals surface area contributed by atoms with E-state index in [0.717, 1.165) is 12.0 Å². The van der Waals surface area contributed by atoms with Gasteiger partial charge in [-0.1, -0.05) is 25.1 Å². The molecule has 0 aromatic heterocycles. The third kappa shape index (κ3) is 5.30. The molecule has 0 saturated carbocycles. The lowest BCUT2D eigenvalue weighted by atomic mass is 10.1. The van der Waals surface area contributed by atoms with Gasteiger partial charge in [0.15, 0.2) is 0 Å². The number of anilines is 1. The minimum absolute atomic E-state index is 0.0556. The molecular formula is C15H23N3O2. The van der Waals surface area contributed by atoms with Crippen LogP contribution in [0.3, 0.4) is 0 Å². The minimum Gasteiger partial charge on any atom is -0.399 e. The summed E-state index contributed by atoms with van der Waals surface area (Å²) in [6.45, 7) is 2.73. The fourth-order valence-electron chi connectivity index (χ4n) is 1.82. The van der Waals surface area contributed by atoms with Gasteiger partial charge in [-0.05, 0) is 24.5 Å². The lowest BCUT2D eigenvalue weighted by molar-refractivity contribution is -0.134. The summed E-state index contributed by atoms with van der Waals surface area (Å²) in [5.74, 6) is -0.179. The molecule has 0 bridgehead atoms. The van der Waals surface area contributed by atoms with Crippen molar-refractivity contribution in [3.63, 3.8) is 0 Å². The second-order valence-corrected chi connectivity index (χ2v) is 4.80. The van der Waals surface area contributed by atoms with Crippen LogP contribution in [0.2, 0.25) is 0 Å².